The van der Waals surface area contributed by atoms with Gasteiger partial charge in [-0.2, -0.15) is 5.10 Å². The van der Waals surface area contributed by atoms with Crippen LogP contribution in [0.25, 0.3) is 0 Å². The summed E-state index contributed by atoms with van der Waals surface area (Å²) in [6.07, 6.45) is 6.44. The molecule has 0 spiro atoms. The zero-order valence-corrected chi connectivity index (χ0v) is 13.5. The van der Waals surface area contributed by atoms with E-state index < -0.39 is 0 Å². The highest BCUT2D eigenvalue weighted by atomic mass is 79.9. The van der Waals surface area contributed by atoms with Crippen LogP contribution in [-0.4, -0.2) is 25.4 Å². The molecule has 21 heavy (non-hydrogen) atoms. The van der Waals surface area contributed by atoms with Crippen molar-refractivity contribution in [3.8, 4) is 11.5 Å². The van der Waals surface area contributed by atoms with Crippen molar-refractivity contribution in [3.05, 3.63) is 22.2 Å². The van der Waals surface area contributed by atoms with Crippen LogP contribution in [0.2, 0.25) is 0 Å². The van der Waals surface area contributed by atoms with Gasteiger partial charge in [-0.3, -0.25) is 0 Å². The number of hydrogen-bond donors (Lipinski definition) is 2. The number of benzene rings is 1. The molecule has 0 heterocycles. The summed E-state index contributed by atoms with van der Waals surface area (Å²) in [6.45, 7) is 0. The van der Waals surface area contributed by atoms with Gasteiger partial charge >= 0.3 is 0 Å². The van der Waals surface area contributed by atoms with Crippen molar-refractivity contribution in [3.63, 3.8) is 0 Å². The number of methoxy groups -OCH3 is 1. The highest BCUT2D eigenvalue weighted by Gasteiger charge is 2.19. The van der Waals surface area contributed by atoms with Crippen molar-refractivity contribution in [1.29, 1.82) is 0 Å². The van der Waals surface area contributed by atoms with E-state index in [1.807, 2.05) is 12.1 Å². The molecule has 1 saturated carbocycles. The predicted octanol–water partition coefficient (Wildman–Crippen LogP) is 2.39. The summed E-state index contributed by atoms with van der Waals surface area (Å²) >= 11 is 3.49. The Morgan fingerprint density at radius 2 is 2.00 bits per heavy atom. The Morgan fingerprint density at radius 3 is 2.62 bits per heavy atom. The number of hydrogen-bond acceptors (Lipinski definition) is 4. The average Bonchev–Trinajstić information content (AvgIpc) is 2.93. The van der Waals surface area contributed by atoms with Crippen molar-refractivity contribution in [1.82, 2.24) is 0 Å². The summed E-state index contributed by atoms with van der Waals surface area (Å²) in [7, 11) is 1.61. The van der Waals surface area contributed by atoms with E-state index in [0.29, 0.717) is 5.75 Å². The first-order valence-electron chi connectivity index (χ1n) is 6.76. The molecule has 1 aliphatic carbocycles. The fourth-order valence-corrected chi connectivity index (χ4v) is 2.67. The summed E-state index contributed by atoms with van der Waals surface area (Å²) in [5, 5.41) is 7.37. The molecule has 0 atom stereocenters. The lowest BCUT2D eigenvalue weighted by molar-refractivity contribution is 0.200. The molecule has 2 rings (SSSR count). The molecule has 0 aromatic heterocycles. The van der Waals surface area contributed by atoms with Crippen molar-refractivity contribution >= 4 is 28.1 Å². The van der Waals surface area contributed by atoms with Gasteiger partial charge in [0.05, 0.1) is 19.4 Å². The Balaban J connectivity index is 2.21. The van der Waals surface area contributed by atoms with E-state index in [1.54, 1.807) is 13.3 Å². The smallest absolute Gasteiger partial charge is 0.211 e. The largest absolute Gasteiger partial charge is 0.493 e. The van der Waals surface area contributed by atoms with Crippen LogP contribution in [0, 0.1) is 0 Å². The molecule has 4 N–H and O–H groups in total. The quantitative estimate of drug-likeness (QED) is 0.482. The Kier molecular flexibility index (Phi) is 5.44. The molecule has 7 heteroatoms. The van der Waals surface area contributed by atoms with Crippen molar-refractivity contribution < 1.29 is 9.47 Å². The molecular weight excluding hydrogens is 336 g/mol. The van der Waals surface area contributed by atoms with Gasteiger partial charge in [-0.1, -0.05) is 0 Å². The topological polar surface area (TPSA) is 95.2 Å². The maximum atomic E-state index is 6.01. The van der Waals surface area contributed by atoms with E-state index in [9.17, 15) is 0 Å². The lowest BCUT2D eigenvalue weighted by Crippen LogP contribution is -2.21. The van der Waals surface area contributed by atoms with Gasteiger partial charge in [-0.25, -0.2) is 0 Å². The number of rotatable bonds is 5. The Morgan fingerprint density at radius 1 is 1.29 bits per heavy atom. The third-order valence-corrected chi connectivity index (χ3v) is 3.94. The summed E-state index contributed by atoms with van der Waals surface area (Å²) < 4.78 is 12.2. The molecule has 0 radical (unpaired) electrons. The first-order chi connectivity index (χ1) is 10.1. The Hall–Kier alpha value is -1.76. The van der Waals surface area contributed by atoms with Gasteiger partial charge < -0.3 is 20.9 Å². The fourth-order valence-electron chi connectivity index (χ4n) is 2.24. The van der Waals surface area contributed by atoms with Crippen molar-refractivity contribution in [2.45, 2.75) is 31.8 Å². The van der Waals surface area contributed by atoms with Crippen LogP contribution in [0.5, 0.6) is 11.5 Å². The average molecular weight is 355 g/mol. The monoisotopic (exact) mass is 354 g/mol. The van der Waals surface area contributed by atoms with Gasteiger partial charge in [0.15, 0.2) is 11.5 Å². The second-order valence-corrected chi connectivity index (χ2v) is 5.67. The van der Waals surface area contributed by atoms with Crippen LogP contribution in [0.3, 0.4) is 0 Å². The van der Waals surface area contributed by atoms with Gasteiger partial charge in [-0.05, 0) is 53.7 Å². The predicted molar refractivity (Wildman–Crippen MR) is 87.0 cm³/mol. The van der Waals surface area contributed by atoms with Crippen LogP contribution < -0.4 is 20.9 Å². The molecule has 0 bridgehead atoms. The second-order valence-electron chi connectivity index (χ2n) is 4.82. The van der Waals surface area contributed by atoms with E-state index in [2.05, 4.69) is 26.1 Å². The van der Waals surface area contributed by atoms with Crippen molar-refractivity contribution in [2.24, 2.45) is 21.7 Å². The van der Waals surface area contributed by atoms with E-state index in [4.69, 9.17) is 20.9 Å². The van der Waals surface area contributed by atoms with Crippen LogP contribution >= 0.6 is 15.9 Å². The number of halogens is 1. The number of ether oxygens (including phenoxy) is 2. The molecule has 1 fully saturated rings. The van der Waals surface area contributed by atoms with E-state index >= 15 is 0 Å². The molecule has 0 unspecified atom stereocenters. The maximum absolute atomic E-state index is 6.01. The van der Waals surface area contributed by atoms with Gasteiger partial charge in [0, 0.05) is 10.0 Å². The molecular formula is C14H19BrN4O2. The van der Waals surface area contributed by atoms with E-state index in [1.165, 1.54) is 12.8 Å². The zero-order valence-electron chi connectivity index (χ0n) is 11.9. The van der Waals surface area contributed by atoms with Crippen molar-refractivity contribution in [2.75, 3.05) is 7.11 Å². The van der Waals surface area contributed by atoms with Crippen LogP contribution in [-0.2, 0) is 0 Å². The summed E-state index contributed by atoms with van der Waals surface area (Å²) in [5.74, 6) is 1.31. The minimum absolute atomic E-state index is 0.0875. The third kappa shape index (κ3) is 4.35. The normalized spacial score (nSPS) is 15.3. The number of nitrogens with zero attached hydrogens (tertiary/aromatic N) is 2. The highest BCUT2D eigenvalue weighted by molar-refractivity contribution is 9.10. The summed E-state index contributed by atoms with van der Waals surface area (Å²) in [5.41, 5.74) is 11.2. The zero-order chi connectivity index (χ0) is 15.2. The highest BCUT2D eigenvalue weighted by Crippen LogP contribution is 2.35. The molecule has 0 saturated heterocycles. The molecule has 1 aromatic carbocycles. The van der Waals surface area contributed by atoms with Gasteiger partial charge in [-0.15, -0.1) is 5.10 Å². The van der Waals surface area contributed by atoms with Gasteiger partial charge in [0.25, 0.3) is 0 Å². The summed E-state index contributed by atoms with van der Waals surface area (Å²) in [4.78, 5) is 0. The fraction of sp³-hybridized carbons (Fsp3) is 0.429. The summed E-state index contributed by atoms with van der Waals surface area (Å²) in [6, 6.07) is 3.72. The third-order valence-electron chi connectivity index (χ3n) is 3.25. The first-order valence-corrected chi connectivity index (χ1v) is 7.55. The van der Waals surface area contributed by atoms with E-state index in [0.717, 1.165) is 28.6 Å². The molecule has 0 aliphatic heterocycles. The molecule has 1 aliphatic rings. The molecule has 6 nitrogen and oxygen atoms in total. The van der Waals surface area contributed by atoms with Gasteiger partial charge in [0.1, 0.15) is 0 Å². The van der Waals surface area contributed by atoms with Crippen LogP contribution in [0.1, 0.15) is 31.2 Å². The Labute approximate surface area is 132 Å². The number of nitrogens with two attached hydrogens (primary N) is 2. The minimum atomic E-state index is -0.0875. The molecule has 0 amide bonds. The lowest BCUT2D eigenvalue weighted by atomic mass is 10.2. The molecule has 114 valence electrons. The van der Waals surface area contributed by atoms with Crippen LogP contribution in [0.4, 0.5) is 0 Å². The maximum Gasteiger partial charge on any atom is 0.211 e. The Bertz CT molecular complexity index is 550. The first kappa shape index (κ1) is 15.6. The minimum Gasteiger partial charge on any atom is -0.493 e. The lowest BCUT2D eigenvalue weighted by Gasteiger charge is -2.17. The second kappa shape index (κ2) is 7.31. The SMILES string of the molecule is COc1cc(C=NN=C(N)N)c(Br)cc1OC1CCCC1. The van der Waals surface area contributed by atoms with Crippen LogP contribution in [0.15, 0.2) is 26.8 Å². The van der Waals surface area contributed by atoms with Gasteiger partial charge in [0.2, 0.25) is 5.96 Å². The molecule has 1 aromatic rings. The standard InChI is InChI=1S/C14H19BrN4O2/c1-20-12-6-9(8-18-19-14(16)17)11(15)7-13(12)21-10-4-2-3-5-10/h6-8,10H,2-5H2,1H3,(H4,16,17,19). The number of guanidine groups is 1. The van der Waals surface area contributed by atoms with E-state index in [-0.39, 0.29) is 12.1 Å².